The number of nitrogens with zero attached hydrogens (tertiary/aromatic N) is 3. The van der Waals surface area contributed by atoms with Crippen LogP contribution in [0, 0.1) is 0 Å². The number of hydrogen-bond donors (Lipinski definition) is 2. The minimum absolute atomic E-state index is 0. The minimum Gasteiger partial charge on any atom is -0.355 e. The third kappa shape index (κ3) is 7.64. The topological polar surface area (TPSA) is 42.9 Å². The Morgan fingerprint density at radius 1 is 1.10 bits per heavy atom. The van der Waals surface area contributed by atoms with Crippen molar-refractivity contribution in [1.82, 2.24) is 20.4 Å². The zero-order chi connectivity index (χ0) is 19.8. The number of nitrogens with one attached hydrogen (secondary N) is 2. The second-order valence-corrected chi connectivity index (χ2v) is 9.65. The van der Waals surface area contributed by atoms with Crippen molar-refractivity contribution >= 4 is 41.7 Å². The van der Waals surface area contributed by atoms with Gasteiger partial charge in [-0.2, -0.15) is 11.8 Å². The van der Waals surface area contributed by atoms with Gasteiger partial charge in [0.25, 0.3) is 6.43 Å². The van der Waals surface area contributed by atoms with Gasteiger partial charge in [0.1, 0.15) is 0 Å². The summed E-state index contributed by atoms with van der Waals surface area (Å²) in [6.07, 6.45) is 6.08. The van der Waals surface area contributed by atoms with Crippen molar-refractivity contribution in [3.05, 3.63) is 0 Å². The van der Waals surface area contributed by atoms with Gasteiger partial charge in [0.15, 0.2) is 5.96 Å². The van der Waals surface area contributed by atoms with Gasteiger partial charge < -0.3 is 10.6 Å². The molecule has 9 heteroatoms. The predicted octanol–water partition coefficient (Wildman–Crippen LogP) is 3.25. The summed E-state index contributed by atoms with van der Waals surface area (Å²) in [5.41, 5.74) is 0.261. The Morgan fingerprint density at radius 2 is 1.76 bits per heavy atom. The highest BCUT2D eigenvalue weighted by atomic mass is 127. The van der Waals surface area contributed by atoms with Crippen molar-refractivity contribution in [2.24, 2.45) is 4.99 Å². The van der Waals surface area contributed by atoms with Crippen LogP contribution in [0.15, 0.2) is 4.99 Å². The molecular weight excluding hydrogens is 507 g/mol. The van der Waals surface area contributed by atoms with Crippen LogP contribution in [0.4, 0.5) is 8.78 Å². The summed E-state index contributed by atoms with van der Waals surface area (Å²) in [6.45, 7) is 4.70. The molecule has 0 atom stereocenters. The fourth-order valence-electron chi connectivity index (χ4n) is 4.94. The van der Waals surface area contributed by atoms with Gasteiger partial charge in [-0.1, -0.05) is 19.3 Å². The number of alkyl halides is 2. The molecule has 0 aromatic carbocycles. The van der Waals surface area contributed by atoms with Gasteiger partial charge in [-0.15, -0.1) is 24.0 Å². The molecule has 170 valence electrons. The van der Waals surface area contributed by atoms with Crippen LogP contribution in [0.5, 0.6) is 0 Å². The molecule has 2 heterocycles. The van der Waals surface area contributed by atoms with Crippen molar-refractivity contribution in [3.8, 4) is 0 Å². The molecule has 0 aromatic rings. The summed E-state index contributed by atoms with van der Waals surface area (Å²) < 4.78 is 25.1. The Kier molecular flexibility index (Phi) is 11.3. The van der Waals surface area contributed by atoms with Crippen LogP contribution in [0.3, 0.4) is 0 Å². The fraction of sp³-hybridized carbons (Fsp3) is 0.950. The summed E-state index contributed by atoms with van der Waals surface area (Å²) >= 11 is 2.07. The Morgan fingerprint density at radius 3 is 2.34 bits per heavy atom. The molecule has 1 saturated carbocycles. The Bertz CT molecular complexity index is 491. The van der Waals surface area contributed by atoms with E-state index in [-0.39, 0.29) is 36.1 Å². The van der Waals surface area contributed by atoms with E-state index in [1.54, 1.807) is 0 Å². The van der Waals surface area contributed by atoms with Crippen molar-refractivity contribution in [1.29, 1.82) is 0 Å². The lowest BCUT2D eigenvalue weighted by Crippen LogP contribution is -2.60. The average molecular weight is 546 g/mol. The third-order valence-electron chi connectivity index (χ3n) is 6.60. The number of guanidine groups is 1. The highest BCUT2D eigenvalue weighted by Crippen LogP contribution is 2.34. The lowest BCUT2D eigenvalue weighted by atomic mass is 9.80. The summed E-state index contributed by atoms with van der Waals surface area (Å²) in [5, 5.41) is 7.17. The second-order valence-electron chi connectivity index (χ2n) is 8.42. The van der Waals surface area contributed by atoms with E-state index in [1.165, 1.54) is 56.7 Å². The van der Waals surface area contributed by atoms with Gasteiger partial charge in [0, 0.05) is 62.9 Å². The van der Waals surface area contributed by atoms with E-state index in [1.807, 2.05) is 11.9 Å². The third-order valence-corrected chi connectivity index (χ3v) is 7.54. The predicted molar refractivity (Wildman–Crippen MR) is 130 cm³/mol. The Labute approximate surface area is 196 Å². The molecule has 5 nitrogen and oxygen atoms in total. The van der Waals surface area contributed by atoms with E-state index < -0.39 is 6.43 Å². The van der Waals surface area contributed by atoms with Crippen molar-refractivity contribution in [2.75, 3.05) is 57.8 Å². The largest absolute Gasteiger partial charge is 0.355 e. The van der Waals surface area contributed by atoms with Gasteiger partial charge in [-0.05, 0) is 25.7 Å². The van der Waals surface area contributed by atoms with Gasteiger partial charge in [0.05, 0.1) is 6.54 Å². The van der Waals surface area contributed by atoms with Crippen LogP contribution in [0.25, 0.3) is 0 Å². The molecule has 0 unspecified atom stereocenters. The maximum Gasteiger partial charge on any atom is 0.251 e. The molecule has 0 bridgehead atoms. The molecule has 2 aliphatic heterocycles. The standard InChI is InChI=1S/C20H37F2N5S.HI/c1-23-19(25-17-5-9-26(10-6-17)15-18(21)22)24-16-20(7-3-2-4-8-20)27-11-13-28-14-12-27;/h17-18H,2-16H2,1H3,(H2,23,24,25);1H. The molecule has 1 aliphatic carbocycles. The number of rotatable bonds is 6. The van der Waals surface area contributed by atoms with Crippen LogP contribution in [0.2, 0.25) is 0 Å². The highest BCUT2D eigenvalue weighted by molar-refractivity contribution is 14.0. The van der Waals surface area contributed by atoms with Gasteiger partial charge in [-0.25, -0.2) is 8.78 Å². The highest BCUT2D eigenvalue weighted by Gasteiger charge is 2.38. The summed E-state index contributed by atoms with van der Waals surface area (Å²) in [7, 11) is 1.83. The molecule has 3 rings (SSSR count). The number of halogens is 3. The first-order valence-electron chi connectivity index (χ1n) is 10.9. The van der Waals surface area contributed by atoms with E-state index in [4.69, 9.17) is 0 Å². The lowest BCUT2D eigenvalue weighted by molar-refractivity contribution is 0.0623. The smallest absolute Gasteiger partial charge is 0.251 e. The van der Waals surface area contributed by atoms with Gasteiger partial charge >= 0.3 is 0 Å². The summed E-state index contributed by atoms with van der Waals surface area (Å²) in [5.74, 6) is 3.35. The Hall–Kier alpha value is 0.130. The van der Waals surface area contributed by atoms with Crippen LogP contribution in [-0.2, 0) is 0 Å². The van der Waals surface area contributed by atoms with E-state index in [0.717, 1.165) is 38.4 Å². The maximum absolute atomic E-state index is 12.6. The zero-order valence-corrected chi connectivity index (χ0v) is 20.8. The van der Waals surface area contributed by atoms with E-state index in [0.29, 0.717) is 6.04 Å². The molecular formula is C20H38F2IN5S. The lowest BCUT2D eigenvalue weighted by Gasteiger charge is -2.48. The average Bonchev–Trinajstić information content (AvgIpc) is 2.73. The van der Waals surface area contributed by atoms with Crippen molar-refractivity contribution in [2.45, 2.75) is 63.0 Å². The Balaban J connectivity index is 0.00000300. The van der Waals surface area contributed by atoms with Crippen LogP contribution >= 0.6 is 35.7 Å². The number of hydrogen-bond acceptors (Lipinski definition) is 4. The molecule has 0 amide bonds. The molecule has 3 aliphatic rings. The van der Waals surface area contributed by atoms with Crippen LogP contribution in [-0.4, -0.2) is 91.6 Å². The molecule has 0 aromatic heterocycles. The van der Waals surface area contributed by atoms with Crippen molar-refractivity contribution < 1.29 is 8.78 Å². The van der Waals surface area contributed by atoms with Crippen molar-refractivity contribution in [3.63, 3.8) is 0 Å². The number of piperidine rings is 1. The van der Waals surface area contributed by atoms with Gasteiger partial charge in [0.2, 0.25) is 0 Å². The zero-order valence-electron chi connectivity index (χ0n) is 17.7. The molecule has 2 saturated heterocycles. The minimum atomic E-state index is -2.24. The monoisotopic (exact) mass is 545 g/mol. The summed E-state index contributed by atoms with van der Waals surface area (Å²) in [4.78, 5) is 9.04. The first-order chi connectivity index (χ1) is 13.6. The first-order valence-corrected chi connectivity index (χ1v) is 12.1. The van der Waals surface area contributed by atoms with Gasteiger partial charge in [-0.3, -0.25) is 14.8 Å². The quantitative estimate of drug-likeness (QED) is 0.305. The molecule has 2 N–H and O–H groups in total. The summed E-state index contributed by atoms with van der Waals surface area (Å²) in [6, 6.07) is 0.314. The SMILES string of the molecule is CN=C(NCC1(N2CCSCC2)CCCCC1)NC1CCN(CC(F)F)CC1.I. The molecule has 0 spiro atoms. The maximum atomic E-state index is 12.6. The first kappa shape index (κ1) is 25.4. The van der Waals surface area contributed by atoms with Crippen LogP contribution < -0.4 is 10.6 Å². The fourth-order valence-corrected chi connectivity index (χ4v) is 5.85. The molecule has 0 radical (unpaired) electrons. The van der Waals surface area contributed by atoms with E-state index in [2.05, 4.69) is 32.3 Å². The number of aliphatic imine (C=N–C) groups is 1. The molecule has 29 heavy (non-hydrogen) atoms. The van der Waals surface area contributed by atoms with E-state index in [9.17, 15) is 8.78 Å². The molecule has 3 fully saturated rings. The van der Waals surface area contributed by atoms with E-state index >= 15 is 0 Å². The normalized spacial score (nSPS) is 24.9. The van der Waals surface area contributed by atoms with Crippen LogP contribution in [0.1, 0.15) is 44.9 Å². The number of thioether (sulfide) groups is 1. The second kappa shape index (κ2) is 12.9. The number of likely N-dealkylation sites (tertiary alicyclic amines) is 1.